The van der Waals surface area contributed by atoms with Crippen LogP contribution in [0.3, 0.4) is 0 Å². The number of benzene rings is 1. The van der Waals surface area contributed by atoms with Crippen LogP contribution in [-0.4, -0.2) is 27.4 Å². The molecule has 2 aromatic heterocycles. The molecule has 23 heavy (non-hydrogen) atoms. The van der Waals surface area contributed by atoms with Crippen LogP contribution in [0.2, 0.25) is 5.02 Å². The Morgan fingerprint density at radius 2 is 2.04 bits per heavy atom. The maximum Gasteiger partial charge on any atom is 0.250 e. The van der Waals surface area contributed by atoms with Crippen molar-refractivity contribution in [3.63, 3.8) is 0 Å². The highest BCUT2D eigenvalue weighted by Crippen LogP contribution is 2.28. The van der Waals surface area contributed by atoms with E-state index in [4.69, 9.17) is 20.9 Å². The summed E-state index contributed by atoms with van der Waals surface area (Å²) in [6.45, 7) is 1.79. The Morgan fingerprint density at radius 3 is 2.74 bits per heavy atom. The number of anilines is 4. The smallest absolute Gasteiger partial charge is 0.250 e. The fraction of sp³-hybridized carbons (Fsp3) is 0.143. The molecule has 1 aromatic carbocycles. The van der Waals surface area contributed by atoms with Gasteiger partial charge in [-0.1, -0.05) is 16.8 Å². The lowest BCUT2D eigenvalue weighted by molar-refractivity contribution is 0.400. The van der Waals surface area contributed by atoms with Gasteiger partial charge in [-0.3, -0.25) is 0 Å². The van der Waals surface area contributed by atoms with Crippen molar-refractivity contribution in [2.45, 2.75) is 6.92 Å². The van der Waals surface area contributed by atoms with Gasteiger partial charge in [0.25, 0.3) is 0 Å². The molecule has 0 saturated carbocycles. The third-order valence-corrected chi connectivity index (χ3v) is 3.15. The Morgan fingerprint density at radius 1 is 1.17 bits per heavy atom. The molecule has 3 aromatic rings. The van der Waals surface area contributed by atoms with Crippen LogP contribution in [0.25, 0.3) is 0 Å². The van der Waals surface area contributed by atoms with Gasteiger partial charge in [0.2, 0.25) is 5.95 Å². The number of nitrogens with zero attached hydrogens (tertiary/aromatic N) is 4. The molecule has 0 fully saturated rings. The first kappa shape index (κ1) is 15.0. The van der Waals surface area contributed by atoms with E-state index in [1.807, 2.05) is 6.07 Å². The van der Waals surface area contributed by atoms with Gasteiger partial charge in [0.15, 0.2) is 11.6 Å². The number of aryl methyl sites for hydroxylation is 1. The minimum Gasteiger partial charge on any atom is -0.495 e. The molecule has 8 nitrogen and oxygen atoms in total. The van der Waals surface area contributed by atoms with Crippen molar-refractivity contribution in [3.8, 4) is 5.75 Å². The van der Waals surface area contributed by atoms with E-state index in [0.29, 0.717) is 34.1 Å². The summed E-state index contributed by atoms with van der Waals surface area (Å²) in [5, 5.41) is 18.1. The summed E-state index contributed by atoms with van der Waals surface area (Å²) in [4.78, 5) is 4.29. The number of halogens is 1. The zero-order valence-corrected chi connectivity index (χ0v) is 13.1. The van der Waals surface area contributed by atoms with Gasteiger partial charge in [-0.2, -0.15) is 10.1 Å². The second-order valence-electron chi connectivity index (χ2n) is 4.59. The van der Waals surface area contributed by atoms with Crippen LogP contribution in [-0.2, 0) is 0 Å². The average Bonchev–Trinajstić information content (AvgIpc) is 2.93. The van der Waals surface area contributed by atoms with Gasteiger partial charge in [0.1, 0.15) is 11.5 Å². The molecule has 0 radical (unpaired) electrons. The monoisotopic (exact) mass is 332 g/mol. The summed E-state index contributed by atoms with van der Waals surface area (Å²) in [6.07, 6.45) is 1.50. The van der Waals surface area contributed by atoms with E-state index < -0.39 is 0 Å². The summed E-state index contributed by atoms with van der Waals surface area (Å²) < 4.78 is 10.1. The standard InChI is InChI=1S/C14H13ClN6O2/c1-8-5-12(21-23-8)18-14-19-13(7-16-20-14)17-9-3-4-11(22-2)10(15)6-9/h3-7H,1-2H3,(H2,17,18,19,20,21). The Kier molecular flexibility index (Phi) is 4.24. The Hall–Kier alpha value is -2.87. The van der Waals surface area contributed by atoms with Crippen LogP contribution in [0.15, 0.2) is 35.0 Å². The van der Waals surface area contributed by atoms with Gasteiger partial charge in [-0.05, 0) is 25.1 Å². The van der Waals surface area contributed by atoms with E-state index in [1.54, 1.807) is 32.2 Å². The van der Waals surface area contributed by atoms with Crippen molar-refractivity contribution in [1.29, 1.82) is 0 Å². The van der Waals surface area contributed by atoms with Gasteiger partial charge in [0, 0.05) is 11.8 Å². The molecule has 0 aliphatic heterocycles. The molecule has 2 N–H and O–H groups in total. The maximum absolute atomic E-state index is 6.09. The van der Waals surface area contributed by atoms with Crippen LogP contribution in [0, 0.1) is 6.92 Å². The molecule has 0 atom stereocenters. The lowest BCUT2D eigenvalue weighted by atomic mass is 10.3. The fourth-order valence-corrected chi connectivity index (χ4v) is 2.11. The number of nitrogens with one attached hydrogen (secondary N) is 2. The minimum absolute atomic E-state index is 0.294. The largest absolute Gasteiger partial charge is 0.495 e. The molecule has 3 rings (SSSR count). The third-order valence-electron chi connectivity index (χ3n) is 2.85. The van der Waals surface area contributed by atoms with Crippen LogP contribution in [0.1, 0.15) is 5.76 Å². The van der Waals surface area contributed by atoms with Crippen LogP contribution < -0.4 is 15.4 Å². The molecule has 0 amide bonds. The molecule has 0 saturated heterocycles. The van der Waals surface area contributed by atoms with Gasteiger partial charge >= 0.3 is 0 Å². The topological polar surface area (TPSA) is 98.0 Å². The quantitative estimate of drug-likeness (QED) is 0.734. The normalized spacial score (nSPS) is 10.4. The summed E-state index contributed by atoms with van der Waals surface area (Å²) >= 11 is 6.09. The molecule has 2 heterocycles. The molecular formula is C14H13ClN6O2. The predicted octanol–water partition coefficient (Wildman–Crippen LogP) is 3.32. The number of aromatic nitrogens is 4. The zero-order chi connectivity index (χ0) is 16.2. The number of methoxy groups -OCH3 is 1. The van der Waals surface area contributed by atoms with Crippen molar-refractivity contribution in [3.05, 3.63) is 41.2 Å². The molecule has 0 spiro atoms. The van der Waals surface area contributed by atoms with E-state index in [1.165, 1.54) is 6.20 Å². The molecular weight excluding hydrogens is 320 g/mol. The maximum atomic E-state index is 6.09. The first-order valence-corrected chi connectivity index (χ1v) is 7.02. The first-order chi connectivity index (χ1) is 11.1. The van der Waals surface area contributed by atoms with Crippen molar-refractivity contribution >= 4 is 34.9 Å². The zero-order valence-electron chi connectivity index (χ0n) is 12.4. The van der Waals surface area contributed by atoms with E-state index >= 15 is 0 Å². The molecule has 0 unspecified atom stereocenters. The van der Waals surface area contributed by atoms with Gasteiger partial charge in [-0.15, -0.1) is 5.10 Å². The number of hydrogen-bond acceptors (Lipinski definition) is 8. The number of rotatable bonds is 5. The average molecular weight is 333 g/mol. The molecule has 0 aliphatic carbocycles. The summed E-state index contributed by atoms with van der Waals surface area (Å²) in [7, 11) is 1.56. The van der Waals surface area contributed by atoms with E-state index in [9.17, 15) is 0 Å². The van der Waals surface area contributed by atoms with Gasteiger partial charge in [-0.25, -0.2) is 0 Å². The summed E-state index contributed by atoms with van der Waals surface area (Å²) in [5.41, 5.74) is 0.750. The Labute approximate surface area is 136 Å². The highest BCUT2D eigenvalue weighted by Gasteiger charge is 2.06. The van der Waals surface area contributed by atoms with Crippen molar-refractivity contribution in [2.75, 3.05) is 17.7 Å². The van der Waals surface area contributed by atoms with Crippen LogP contribution in [0.5, 0.6) is 5.75 Å². The highest BCUT2D eigenvalue weighted by molar-refractivity contribution is 6.32. The second kappa shape index (κ2) is 6.49. The van der Waals surface area contributed by atoms with E-state index in [-0.39, 0.29) is 0 Å². The Balaban J connectivity index is 1.76. The molecule has 9 heteroatoms. The lowest BCUT2D eigenvalue weighted by Crippen LogP contribution is -2.02. The molecule has 0 aliphatic rings. The summed E-state index contributed by atoms with van der Waals surface area (Å²) in [5.74, 6) is 2.59. The van der Waals surface area contributed by atoms with E-state index in [0.717, 1.165) is 5.69 Å². The highest BCUT2D eigenvalue weighted by atomic mass is 35.5. The third kappa shape index (κ3) is 3.67. The van der Waals surface area contributed by atoms with Gasteiger partial charge in [0.05, 0.1) is 18.3 Å². The van der Waals surface area contributed by atoms with Crippen molar-refractivity contribution in [1.82, 2.24) is 20.3 Å². The SMILES string of the molecule is COc1ccc(Nc2cnnc(Nc3cc(C)on3)n2)cc1Cl. The van der Waals surface area contributed by atoms with Crippen molar-refractivity contribution in [2.24, 2.45) is 0 Å². The number of hydrogen-bond donors (Lipinski definition) is 2. The lowest BCUT2D eigenvalue weighted by Gasteiger charge is -2.08. The summed E-state index contributed by atoms with van der Waals surface area (Å²) in [6, 6.07) is 7.04. The fourth-order valence-electron chi connectivity index (χ4n) is 1.85. The predicted molar refractivity (Wildman–Crippen MR) is 85.6 cm³/mol. The molecule has 0 bridgehead atoms. The van der Waals surface area contributed by atoms with Crippen LogP contribution >= 0.6 is 11.6 Å². The van der Waals surface area contributed by atoms with Crippen LogP contribution in [0.4, 0.5) is 23.3 Å². The van der Waals surface area contributed by atoms with Gasteiger partial charge < -0.3 is 19.9 Å². The van der Waals surface area contributed by atoms with Crippen molar-refractivity contribution < 1.29 is 9.26 Å². The first-order valence-electron chi connectivity index (χ1n) is 6.64. The van der Waals surface area contributed by atoms with E-state index in [2.05, 4.69) is 31.0 Å². The second-order valence-corrected chi connectivity index (χ2v) is 4.99. The number of ether oxygens (including phenoxy) is 1. The molecule has 118 valence electrons. The minimum atomic E-state index is 0.294. The Bertz CT molecular complexity index is 823.